The largest absolute Gasteiger partial charge is 0.430 e. The van der Waals surface area contributed by atoms with Crippen molar-refractivity contribution in [3.8, 4) is 5.75 Å². The Kier molecular flexibility index (Phi) is 5.23. The lowest BCUT2D eigenvalue weighted by Crippen LogP contribution is -2.30. The molecule has 0 bridgehead atoms. The zero-order chi connectivity index (χ0) is 17.2. The van der Waals surface area contributed by atoms with Crippen molar-refractivity contribution in [1.29, 1.82) is 0 Å². The molecule has 1 aromatic rings. The summed E-state index contributed by atoms with van der Waals surface area (Å²) in [5.41, 5.74) is 8.20. The van der Waals surface area contributed by atoms with E-state index in [0.717, 1.165) is 22.4 Å². The van der Waals surface area contributed by atoms with Gasteiger partial charge in [0, 0.05) is 13.2 Å². The van der Waals surface area contributed by atoms with Crippen molar-refractivity contribution >= 4 is 14.8 Å². The summed E-state index contributed by atoms with van der Waals surface area (Å²) in [4.78, 5) is 0. The van der Waals surface area contributed by atoms with Crippen molar-refractivity contribution in [2.45, 2.75) is 26.6 Å². The van der Waals surface area contributed by atoms with Crippen LogP contribution in [-0.2, 0) is 0 Å². The number of nitrogens with one attached hydrogen (secondary N) is 1. The Morgan fingerprint density at radius 1 is 1.30 bits per heavy atom. The molecule has 0 saturated heterocycles. The average Bonchev–Trinajstić information content (AvgIpc) is 2.45. The van der Waals surface area contributed by atoms with Crippen molar-refractivity contribution in [2.75, 3.05) is 7.05 Å². The molecule has 124 valence electrons. The predicted molar refractivity (Wildman–Crippen MR) is 92.9 cm³/mol. The minimum absolute atomic E-state index is 0.144. The number of aryl methyl sites for hydroxylation is 1. The molecule has 0 aliphatic carbocycles. The smallest absolute Gasteiger partial charge is 0.408 e. The molecule has 1 aromatic carbocycles. The first-order valence-corrected chi connectivity index (χ1v) is 7.80. The molecular formula is C17H21F2N2OP. The van der Waals surface area contributed by atoms with Gasteiger partial charge in [-0.3, -0.25) is 5.01 Å². The molecule has 2 rings (SSSR count). The number of rotatable bonds is 4. The lowest BCUT2D eigenvalue weighted by atomic mass is 9.97. The third-order valence-corrected chi connectivity index (χ3v) is 3.59. The Morgan fingerprint density at radius 2 is 2.00 bits per heavy atom. The summed E-state index contributed by atoms with van der Waals surface area (Å²) < 4.78 is 30.4. The second-order valence-corrected chi connectivity index (χ2v) is 6.21. The van der Waals surface area contributed by atoms with Crippen LogP contribution < -0.4 is 10.2 Å². The minimum Gasteiger partial charge on any atom is -0.430 e. The summed E-state index contributed by atoms with van der Waals surface area (Å²) in [7, 11) is 3.23. The molecule has 0 radical (unpaired) electrons. The third kappa shape index (κ3) is 4.40. The van der Waals surface area contributed by atoms with E-state index in [9.17, 15) is 8.78 Å². The van der Waals surface area contributed by atoms with Gasteiger partial charge in [-0.05, 0) is 71.0 Å². The molecule has 1 atom stereocenters. The summed E-state index contributed by atoms with van der Waals surface area (Å²) in [6, 6.07) is 4.98. The highest BCUT2D eigenvalue weighted by Crippen LogP contribution is 2.32. The molecule has 0 saturated carbocycles. The summed E-state index contributed by atoms with van der Waals surface area (Å²) >= 11 is 0. The number of alkyl halides is 2. The van der Waals surface area contributed by atoms with Gasteiger partial charge in [0.15, 0.2) is 0 Å². The van der Waals surface area contributed by atoms with Crippen LogP contribution in [0, 0.1) is 6.92 Å². The standard InChI is InChI=1S/C17H21F2N2OP/c1-11(2)16-10-13(7-8-21(16)20-4)15-6-5-14(9-12(15)3)22-17(18,19)23/h5-10,20H,23H2,1-4H3. The molecule has 1 aliphatic heterocycles. The maximum Gasteiger partial charge on any atom is 0.408 e. The quantitative estimate of drug-likeness (QED) is 0.822. The van der Waals surface area contributed by atoms with E-state index in [-0.39, 0.29) is 5.75 Å². The molecule has 1 aliphatic rings. The Bertz CT molecular complexity index is 686. The zero-order valence-corrected chi connectivity index (χ0v) is 14.8. The van der Waals surface area contributed by atoms with E-state index < -0.39 is 5.85 Å². The molecule has 0 aromatic heterocycles. The monoisotopic (exact) mass is 338 g/mol. The van der Waals surface area contributed by atoms with Gasteiger partial charge in [0.1, 0.15) is 5.75 Å². The van der Waals surface area contributed by atoms with Crippen LogP contribution in [0.3, 0.4) is 0 Å². The molecule has 23 heavy (non-hydrogen) atoms. The van der Waals surface area contributed by atoms with Gasteiger partial charge >= 0.3 is 5.85 Å². The molecule has 1 N–H and O–H groups in total. The molecule has 1 heterocycles. The number of nitrogens with zero attached hydrogens (tertiary/aromatic N) is 1. The Morgan fingerprint density at radius 3 is 2.52 bits per heavy atom. The number of hydrazine groups is 1. The molecule has 0 fully saturated rings. The van der Waals surface area contributed by atoms with E-state index in [4.69, 9.17) is 0 Å². The maximum absolute atomic E-state index is 12.9. The summed E-state index contributed by atoms with van der Waals surface area (Å²) in [6.45, 7) is 5.96. The second kappa shape index (κ2) is 6.81. The Hall–Kier alpha value is -1.71. The van der Waals surface area contributed by atoms with Crippen LogP contribution in [0.25, 0.3) is 5.57 Å². The highest BCUT2D eigenvalue weighted by Gasteiger charge is 2.23. The fourth-order valence-electron chi connectivity index (χ4n) is 2.43. The first-order valence-electron chi connectivity index (χ1n) is 7.22. The topological polar surface area (TPSA) is 24.5 Å². The summed E-state index contributed by atoms with van der Waals surface area (Å²) in [5, 5.41) is 1.93. The maximum atomic E-state index is 12.9. The van der Waals surface area contributed by atoms with Gasteiger partial charge < -0.3 is 4.74 Å². The number of hydrogen-bond acceptors (Lipinski definition) is 3. The molecule has 0 amide bonds. The summed E-state index contributed by atoms with van der Waals surface area (Å²) in [5.74, 6) is -3.12. The van der Waals surface area contributed by atoms with E-state index in [1.165, 1.54) is 14.8 Å². The van der Waals surface area contributed by atoms with E-state index in [0.29, 0.717) is 0 Å². The lowest BCUT2D eigenvalue weighted by Gasteiger charge is -2.26. The fraction of sp³-hybridized carbons (Fsp3) is 0.294. The normalized spacial score (nSPS) is 14.8. The first kappa shape index (κ1) is 17.6. The van der Waals surface area contributed by atoms with Gasteiger partial charge in [0.05, 0.1) is 5.70 Å². The van der Waals surface area contributed by atoms with E-state index >= 15 is 0 Å². The van der Waals surface area contributed by atoms with Crippen molar-refractivity contribution in [2.24, 2.45) is 0 Å². The van der Waals surface area contributed by atoms with Gasteiger partial charge in [-0.1, -0.05) is 11.6 Å². The first-order chi connectivity index (χ1) is 10.7. The highest BCUT2D eigenvalue weighted by molar-refractivity contribution is 7.17. The zero-order valence-electron chi connectivity index (χ0n) is 13.7. The van der Waals surface area contributed by atoms with Crippen LogP contribution >= 0.6 is 9.24 Å². The van der Waals surface area contributed by atoms with Gasteiger partial charge in [0.2, 0.25) is 0 Å². The number of ether oxygens (including phenoxy) is 1. The number of allylic oxidation sites excluding steroid dienone is 4. The van der Waals surface area contributed by atoms with Gasteiger partial charge in [0.25, 0.3) is 0 Å². The van der Waals surface area contributed by atoms with Gasteiger partial charge in [-0.25, -0.2) is 5.43 Å². The van der Waals surface area contributed by atoms with Crippen LogP contribution in [0.2, 0.25) is 0 Å². The lowest BCUT2D eigenvalue weighted by molar-refractivity contribution is -0.0892. The second-order valence-electron chi connectivity index (χ2n) is 5.53. The average molecular weight is 338 g/mol. The van der Waals surface area contributed by atoms with E-state index in [2.05, 4.69) is 16.2 Å². The minimum atomic E-state index is -3.26. The predicted octanol–water partition coefficient (Wildman–Crippen LogP) is 4.44. The van der Waals surface area contributed by atoms with Crippen LogP contribution in [0.4, 0.5) is 8.78 Å². The van der Waals surface area contributed by atoms with Gasteiger partial charge in [-0.15, -0.1) is 0 Å². The van der Waals surface area contributed by atoms with Crippen molar-refractivity contribution in [3.05, 3.63) is 58.9 Å². The molecule has 6 heteroatoms. The molecule has 1 unspecified atom stereocenters. The fourth-order valence-corrected chi connectivity index (χ4v) is 2.56. The highest BCUT2D eigenvalue weighted by atomic mass is 31.0. The van der Waals surface area contributed by atoms with E-state index in [1.807, 2.05) is 45.1 Å². The van der Waals surface area contributed by atoms with Crippen LogP contribution in [-0.4, -0.2) is 17.9 Å². The van der Waals surface area contributed by atoms with Crippen LogP contribution in [0.15, 0.2) is 47.8 Å². The van der Waals surface area contributed by atoms with Crippen molar-refractivity contribution in [3.63, 3.8) is 0 Å². The van der Waals surface area contributed by atoms with E-state index in [1.54, 1.807) is 18.2 Å². The Balaban J connectivity index is 2.36. The molecule has 0 spiro atoms. The van der Waals surface area contributed by atoms with Crippen LogP contribution in [0.1, 0.15) is 25.0 Å². The van der Waals surface area contributed by atoms with Gasteiger partial charge in [-0.2, -0.15) is 8.78 Å². The van der Waals surface area contributed by atoms with Crippen molar-refractivity contribution < 1.29 is 13.5 Å². The number of hydrogen-bond donors (Lipinski definition) is 1. The molecular weight excluding hydrogens is 317 g/mol. The summed E-state index contributed by atoms with van der Waals surface area (Å²) in [6.07, 6.45) is 5.99. The number of halogens is 2. The van der Waals surface area contributed by atoms with Crippen molar-refractivity contribution in [1.82, 2.24) is 10.4 Å². The molecule has 3 nitrogen and oxygen atoms in total. The SMILES string of the molecule is CNN1C=CC(c2ccc(OC(F)(F)P)cc2C)=CC1=C(C)C. The Labute approximate surface area is 137 Å². The third-order valence-electron chi connectivity index (χ3n) is 3.47. The van der Waals surface area contributed by atoms with Crippen LogP contribution in [0.5, 0.6) is 5.75 Å². The number of benzene rings is 1.